The van der Waals surface area contributed by atoms with Crippen LogP contribution < -0.4 is 10.2 Å². The molecule has 1 N–H and O–H groups in total. The molecule has 2 aliphatic rings. The molecule has 1 fully saturated rings. The number of anilines is 1. The topological polar surface area (TPSA) is 60.9 Å². The van der Waals surface area contributed by atoms with Crippen molar-refractivity contribution in [1.82, 2.24) is 19.5 Å². The molecule has 35 heavy (non-hydrogen) atoms. The van der Waals surface area contributed by atoms with E-state index in [9.17, 15) is 4.79 Å². The number of ether oxygens (including phenoxy) is 1. The predicted octanol–water partition coefficient (Wildman–Crippen LogP) is 3.16. The van der Waals surface area contributed by atoms with Crippen molar-refractivity contribution in [1.29, 1.82) is 0 Å². The second-order valence-corrected chi connectivity index (χ2v) is 9.98. The highest BCUT2D eigenvalue weighted by molar-refractivity contribution is 7.13. The number of fused-ring (bicyclic) bond motifs is 2. The quantitative estimate of drug-likeness (QED) is 0.442. The molecule has 0 aliphatic carbocycles. The van der Waals surface area contributed by atoms with Crippen LogP contribution in [0.15, 0.2) is 42.5 Å². The Labute approximate surface area is 217 Å². The fourth-order valence-corrected chi connectivity index (χ4v) is 5.70. The average molecular weight is 516 g/mol. The second-order valence-electron chi connectivity index (χ2n) is 9.17. The van der Waals surface area contributed by atoms with Crippen LogP contribution in [0.25, 0.3) is 10.1 Å². The smallest absolute Gasteiger partial charge is 0.234 e. The van der Waals surface area contributed by atoms with E-state index in [0.29, 0.717) is 19.7 Å². The highest BCUT2D eigenvalue weighted by Gasteiger charge is 2.22. The molecule has 2 aromatic carbocycles. The van der Waals surface area contributed by atoms with Crippen LogP contribution in [-0.2, 0) is 29.0 Å². The van der Waals surface area contributed by atoms with Gasteiger partial charge in [-0.1, -0.05) is 30.3 Å². The van der Waals surface area contributed by atoms with Crippen LogP contribution in [0.1, 0.15) is 16.7 Å². The predicted molar refractivity (Wildman–Crippen MR) is 145 cm³/mol. The lowest BCUT2D eigenvalue weighted by molar-refractivity contribution is -0.122. The van der Waals surface area contributed by atoms with E-state index < -0.39 is 0 Å². The minimum absolute atomic E-state index is 0. The first-order chi connectivity index (χ1) is 16.7. The monoisotopic (exact) mass is 515 g/mol. The minimum Gasteiger partial charge on any atom is -0.383 e. The van der Waals surface area contributed by atoms with Crippen LogP contribution in [-0.4, -0.2) is 79.6 Å². The van der Waals surface area contributed by atoms with Crippen molar-refractivity contribution in [2.75, 3.05) is 64.4 Å². The first-order valence-electron chi connectivity index (χ1n) is 12.1. The van der Waals surface area contributed by atoms with Gasteiger partial charge < -0.3 is 15.0 Å². The fraction of sp³-hybridized carbons (Fsp3) is 0.462. The number of carbonyl (C=O) groups is 1. The van der Waals surface area contributed by atoms with Gasteiger partial charge in [0, 0.05) is 64.9 Å². The summed E-state index contributed by atoms with van der Waals surface area (Å²) in [5.74, 6) is 1.21. The zero-order valence-electron chi connectivity index (χ0n) is 20.2. The highest BCUT2D eigenvalue weighted by atomic mass is 35.5. The molecule has 5 rings (SSSR count). The number of nitrogens with one attached hydrogen (secondary N) is 1. The summed E-state index contributed by atoms with van der Waals surface area (Å²) in [6, 6.07) is 15.4. The summed E-state index contributed by atoms with van der Waals surface area (Å²) in [6.07, 6.45) is 1.06. The van der Waals surface area contributed by atoms with Crippen LogP contribution in [0, 0.1) is 0 Å². The van der Waals surface area contributed by atoms with E-state index in [-0.39, 0.29) is 18.3 Å². The van der Waals surface area contributed by atoms with Gasteiger partial charge in [-0.2, -0.15) is 4.37 Å². The van der Waals surface area contributed by atoms with E-state index in [0.717, 1.165) is 58.1 Å². The molecule has 3 aromatic rings. The number of benzene rings is 2. The van der Waals surface area contributed by atoms with Crippen molar-refractivity contribution in [2.45, 2.75) is 19.5 Å². The number of hydrogen-bond donors (Lipinski definition) is 1. The lowest BCUT2D eigenvalue weighted by atomic mass is 10.0. The number of piperazine rings is 1. The number of halogens is 1. The number of carbonyl (C=O) groups excluding carboxylic acids is 1. The lowest BCUT2D eigenvalue weighted by Crippen LogP contribution is -2.47. The standard InChI is InChI=1S/C26H33N5O2S.ClH/c1-33-15-9-27-25(32)19-30-17-21-7-6-20(16-22(21)18-30)8-10-29-11-13-31(14-12-29)26-23-4-2-3-5-24(23)34-28-26;/h2-7,16H,8-15,17-19H2,1H3,(H,27,32);1H. The van der Waals surface area contributed by atoms with Crippen LogP contribution in [0.2, 0.25) is 0 Å². The minimum atomic E-state index is 0. The largest absolute Gasteiger partial charge is 0.383 e. The van der Waals surface area contributed by atoms with E-state index in [1.165, 1.54) is 26.8 Å². The highest BCUT2D eigenvalue weighted by Crippen LogP contribution is 2.30. The van der Waals surface area contributed by atoms with Crippen LogP contribution in [0.3, 0.4) is 0 Å². The van der Waals surface area contributed by atoms with Gasteiger partial charge in [0.25, 0.3) is 0 Å². The molecule has 1 saturated heterocycles. The molecule has 0 unspecified atom stereocenters. The molecular formula is C26H34ClN5O2S. The first kappa shape index (κ1) is 25.9. The Kier molecular flexibility index (Phi) is 8.97. The Balaban J connectivity index is 0.00000289. The molecule has 7 nitrogen and oxygen atoms in total. The number of rotatable bonds is 9. The molecule has 2 aliphatic heterocycles. The molecule has 1 amide bonds. The number of nitrogens with zero attached hydrogens (tertiary/aromatic N) is 4. The Morgan fingerprint density at radius 1 is 1.06 bits per heavy atom. The molecular weight excluding hydrogens is 482 g/mol. The van der Waals surface area contributed by atoms with Gasteiger partial charge in [0.15, 0.2) is 0 Å². The maximum atomic E-state index is 12.1. The molecule has 188 valence electrons. The molecule has 0 bridgehead atoms. The Morgan fingerprint density at radius 2 is 1.86 bits per heavy atom. The van der Waals surface area contributed by atoms with Gasteiger partial charge in [-0.25, -0.2) is 0 Å². The number of methoxy groups -OCH3 is 1. The first-order valence-corrected chi connectivity index (χ1v) is 12.9. The molecule has 0 atom stereocenters. The third kappa shape index (κ3) is 6.32. The third-order valence-electron chi connectivity index (χ3n) is 6.80. The maximum Gasteiger partial charge on any atom is 0.234 e. The number of aromatic nitrogens is 1. The van der Waals surface area contributed by atoms with Crippen molar-refractivity contribution in [2.24, 2.45) is 0 Å². The van der Waals surface area contributed by atoms with Crippen molar-refractivity contribution in [3.05, 3.63) is 59.2 Å². The van der Waals surface area contributed by atoms with Crippen molar-refractivity contribution in [3.63, 3.8) is 0 Å². The molecule has 0 radical (unpaired) electrons. The maximum absolute atomic E-state index is 12.1. The average Bonchev–Trinajstić information content (AvgIpc) is 3.46. The summed E-state index contributed by atoms with van der Waals surface area (Å²) in [5, 5.41) is 4.19. The molecule has 0 saturated carbocycles. The SMILES string of the molecule is COCCNC(=O)CN1Cc2ccc(CCN3CCN(c4nsc5ccccc45)CC3)cc2C1.Cl. The van der Waals surface area contributed by atoms with E-state index in [1.807, 2.05) is 0 Å². The van der Waals surface area contributed by atoms with Crippen LogP contribution in [0.4, 0.5) is 5.82 Å². The van der Waals surface area contributed by atoms with Gasteiger partial charge in [-0.05, 0) is 46.8 Å². The summed E-state index contributed by atoms with van der Waals surface area (Å²) in [4.78, 5) is 19.3. The summed E-state index contributed by atoms with van der Waals surface area (Å²) in [5.41, 5.74) is 4.10. The second kappa shape index (κ2) is 12.1. The molecule has 3 heterocycles. The van der Waals surface area contributed by atoms with E-state index in [4.69, 9.17) is 9.11 Å². The summed E-state index contributed by atoms with van der Waals surface area (Å²) in [7, 11) is 1.64. The molecule has 0 spiro atoms. The van der Waals surface area contributed by atoms with Crippen LogP contribution >= 0.6 is 23.9 Å². The van der Waals surface area contributed by atoms with Crippen LogP contribution in [0.5, 0.6) is 0 Å². The zero-order chi connectivity index (χ0) is 23.3. The van der Waals surface area contributed by atoms with Gasteiger partial charge in [-0.3, -0.25) is 14.6 Å². The summed E-state index contributed by atoms with van der Waals surface area (Å²) < 4.78 is 11.0. The number of amides is 1. The van der Waals surface area contributed by atoms with E-state index in [1.54, 1.807) is 18.6 Å². The van der Waals surface area contributed by atoms with Gasteiger partial charge in [0.05, 0.1) is 17.9 Å². The van der Waals surface area contributed by atoms with Crippen molar-refractivity contribution < 1.29 is 9.53 Å². The summed E-state index contributed by atoms with van der Waals surface area (Å²) >= 11 is 1.60. The number of hydrogen-bond acceptors (Lipinski definition) is 7. The zero-order valence-corrected chi connectivity index (χ0v) is 21.9. The Morgan fingerprint density at radius 3 is 2.69 bits per heavy atom. The fourth-order valence-electron chi connectivity index (χ4n) is 4.91. The van der Waals surface area contributed by atoms with Gasteiger partial charge >= 0.3 is 0 Å². The van der Waals surface area contributed by atoms with Crippen molar-refractivity contribution in [3.8, 4) is 0 Å². The van der Waals surface area contributed by atoms with Crippen molar-refractivity contribution >= 4 is 45.8 Å². The van der Waals surface area contributed by atoms with Gasteiger partial charge in [-0.15, -0.1) is 12.4 Å². The Hall–Kier alpha value is -2.23. The van der Waals surface area contributed by atoms with Gasteiger partial charge in [0.2, 0.25) is 5.91 Å². The summed E-state index contributed by atoms with van der Waals surface area (Å²) in [6.45, 7) is 8.52. The van der Waals surface area contributed by atoms with E-state index >= 15 is 0 Å². The normalized spacial score (nSPS) is 16.3. The Bertz CT molecular complexity index is 1130. The van der Waals surface area contributed by atoms with E-state index in [2.05, 4.69) is 62.5 Å². The molecule has 1 aromatic heterocycles. The van der Waals surface area contributed by atoms with Gasteiger partial charge in [0.1, 0.15) is 5.82 Å². The third-order valence-corrected chi connectivity index (χ3v) is 7.62. The molecule has 9 heteroatoms. The lowest BCUT2D eigenvalue weighted by Gasteiger charge is -2.35.